The number of nitrogens with zero attached hydrogens (tertiary/aromatic N) is 3. The minimum atomic E-state index is 0.426. The van der Waals surface area contributed by atoms with E-state index in [4.69, 9.17) is 4.42 Å². The third kappa shape index (κ3) is 3.27. The summed E-state index contributed by atoms with van der Waals surface area (Å²) in [5, 5.41) is 14.4. The molecule has 1 aromatic heterocycles. The Bertz CT molecular complexity index is 559. The summed E-state index contributed by atoms with van der Waals surface area (Å²) in [7, 11) is 4.03. The molecule has 6 nitrogen and oxygen atoms in total. The van der Waals surface area contributed by atoms with E-state index in [2.05, 4.69) is 25.7 Å². The summed E-state index contributed by atoms with van der Waals surface area (Å²) in [6.07, 6.45) is 2.49. The zero-order valence-corrected chi connectivity index (χ0v) is 11.8. The van der Waals surface area contributed by atoms with Gasteiger partial charge < -0.3 is 20.0 Å². The number of nitrogens with one attached hydrogen (secondary N) is 2. The van der Waals surface area contributed by atoms with Gasteiger partial charge in [0.15, 0.2) is 0 Å². The molecule has 2 aromatic rings. The van der Waals surface area contributed by atoms with Crippen molar-refractivity contribution in [1.82, 2.24) is 15.5 Å². The Labute approximate surface area is 118 Å². The van der Waals surface area contributed by atoms with Crippen molar-refractivity contribution in [3.63, 3.8) is 0 Å². The van der Waals surface area contributed by atoms with Crippen molar-refractivity contribution in [1.29, 1.82) is 0 Å². The summed E-state index contributed by atoms with van der Waals surface area (Å²) < 4.78 is 5.54. The summed E-state index contributed by atoms with van der Waals surface area (Å²) in [4.78, 5) is 2.05. The van der Waals surface area contributed by atoms with Gasteiger partial charge in [-0.1, -0.05) is 5.10 Å². The molecule has 1 saturated carbocycles. The molecule has 3 rings (SSSR count). The van der Waals surface area contributed by atoms with Gasteiger partial charge in [0.05, 0.1) is 6.54 Å². The van der Waals surface area contributed by atoms with Crippen molar-refractivity contribution in [2.24, 2.45) is 0 Å². The van der Waals surface area contributed by atoms with E-state index in [1.165, 1.54) is 12.8 Å². The molecule has 20 heavy (non-hydrogen) atoms. The highest BCUT2D eigenvalue weighted by atomic mass is 16.4. The van der Waals surface area contributed by atoms with E-state index in [0.29, 0.717) is 24.5 Å². The van der Waals surface area contributed by atoms with Gasteiger partial charge in [-0.05, 0) is 37.1 Å². The molecule has 1 heterocycles. The van der Waals surface area contributed by atoms with Crippen molar-refractivity contribution in [3.05, 3.63) is 30.2 Å². The van der Waals surface area contributed by atoms with Crippen LogP contribution in [-0.4, -0.2) is 30.3 Å². The molecule has 106 valence electrons. The predicted molar refractivity (Wildman–Crippen MR) is 78.2 cm³/mol. The van der Waals surface area contributed by atoms with E-state index in [-0.39, 0.29) is 0 Å². The third-order valence-electron chi connectivity index (χ3n) is 3.22. The number of anilines is 3. The molecule has 2 N–H and O–H groups in total. The molecule has 0 amide bonds. The lowest BCUT2D eigenvalue weighted by atomic mass is 10.2. The highest BCUT2D eigenvalue weighted by molar-refractivity contribution is 5.58. The van der Waals surface area contributed by atoms with E-state index >= 15 is 0 Å². The van der Waals surface area contributed by atoms with E-state index in [1.54, 1.807) is 0 Å². The van der Waals surface area contributed by atoms with Crippen LogP contribution in [0.3, 0.4) is 0 Å². The zero-order chi connectivity index (χ0) is 13.9. The molecule has 0 atom stereocenters. The average Bonchev–Trinajstić information content (AvgIpc) is 3.17. The van der Waals surface area contributed by atoms with E-state index in [9.17, 15) is 0 Å². The highest BCUT2D eigenvalue weighted by Crippen LogP contribution is 2.21. The minimum Gasteiger partial charge on any atom is -0.406 e. The van der Waals surface area contributed by atoms with Crippen LogP contribution in [0.2, 0.25) is 0 Å². The second-order valence-electron chi connectivity index (χ2n) is 5.22. The second kappa shape index (κ2) is 5.50. The van der Waals surface area contributed by atoms with Crippen molar-refractivity contribution < 1.29 is 4.42 Å². The number of benzene rings is 1. The Morgan fingerprint density at radius 1 is 1.20 bits per heavy atom. The molecule has 0 saturated heterocycles. The lowest BCUT2D eigenvalue weighted by Gasteiger charge is -2.12. The van der Waals surface area contributed by atoms with Crippen LogP contribution in [0.5, 0.6) is 0 Å². The average molecular weight is 273 g/mol. The molecule has 0 radical (unpaired) electrons. The fraction of sp³-hybridized carbons (Fsp3) is 0.429. The molecular weight excluding hydrogens is 254 g/mol. The first kappa shape index (κ1) is 12.9. The summed E-state index contributed by atoms with van der Waals surface area (Å²) in [6, 6.07) is 9.11. The fourth-order valence-corrected chi connectivity index (χ4v) is 1.86. The molecule has 0 aliphatic heterocycles. The van der Waals surface area contributed by atoms with Crippen molar-refractivity contribution in [3.8, 4) is 0 Å². The Hall–Kier alpha value is -2.08. The maximum Gasteiger partial charge on any atom is 0.320 e. The maximum atomic E-state index is 5.54. The molecule has 6 heteroatoms. The number of hydrogen-bond acceptors (Lipinski definition) is 6. The molecule has 0 bridgehead atoms. The lowest BCUT2D eigenvalue weighted by molar-refractivity contribution is 0.478. The molecule has 0 unspecified atom stereocenters. The van der Waals surface area contributed by atoms with Crippen LogP contribution in [0.1, 0.15) is 18.7 Å². The normalized spacial score (nSPS) is 14.3. The first-order valence-corrected chi connectivity index (χ1v) is 6.81. The van der Waals surface area contributed by atoms with E-state index in [1.807, 2.05) is 38.4 Å². The summed E-state index contributed by atoms with van der Waals surface area (Å²) in [6.45, 7) is 0.638. The maximum absolute atomic E-state index is 5.54. The number of rotatable bonds is 6. The zero-order valence-electron chi connectivity index (χ0n) is 11.8. The van der Waals surface area contributed by atoms with Crippen LogP contribution in [0.4, 0.5) is 17.4 Å². The van der Waals surface area contributed by atoms with Gasteiger partial charge in [0, 0.05) is 31.5 Å². The van der Waals surface area contributed by atoms with Crippen LogP contribution in [-0.2, 0) is 6.54 Å². The van der Waals surface area contributed by atoms with Gasteiger partial charge in [-0.25, -0.2) is 0 Å². The Kier molecular flexibility index (Phi) is 3.56. The van der Waals surface area contributed by atoms with Crippen molar-refractivity contribution in [2.45, 2.75) is 25.4 Å². The molecule has 0 spiro atoms. The smallest absolute Gasteiger partial charge is 0.320 e. The minimum absolute atomic E-state index is 0.426. The first-order chi connectivity index (χ1) is 9.70. The van der Waals surface area contributed by atoms with Crippen LogP contribution in [0, 0.1) is 0 Å². The Morgan fingerprint density at radius 3 is 2.60 bits per heavy atom. The summed E-state index contributed by atoms with van der Waals surface area (Å²) >= 11 is 0. The van der Waals surface area contributed by atoms with Crippen LogP contribution in [0.25, 0.3) is 0 Å². The predicted octanol–water partition coefficient (Wildman–Crippen LogP) is 2.13. The van der Waals surface area contributed by atoms with Crippen molar-refractivity contribution in [2.75, 3.05) is 24.3 Å². The highest BCUT2D eigenvalue weighted by Gasteiger charge is 2.21. The molecule has 1 aromatic carbocycles. The monoisotopic (exact) mass is 273 g/mol. The van der Waals surface area contributed by atoms with Crippen LogP contribution < -0.4 is 15.5 Å². The molecular formula is C14H19N5O. The lowest BCUT2D eigenvalue weighted by Crippen LogP contribution is -2.15. The van der Waals surface area contributed by atoms with Crippen molar-refractivity contribution >= 4 is 17.4 Å². The van der Waals surface area contributed by atoms with Gasteiger partial charge in [-0.15, -0.1) is 5.10 Å². The van der Waals surface area contributed by atoms with Gasteiger partial charge in [-0.3, -0.25) is 0 Å². The topological polar surface area (TPSA) is 66.2 Å². The standard InChI is InChI=1S/C14H19N5O/c1-19(2)12-7-5-11(6-8-12)16-14-18-17-13(20-14)9-15-10-3-4-10/h5-8,10,15H,3-4,9H2,1-2H3,(H,16,18). The van der Waals surface area contributed by atoms with E-state index in [0.717, 1.165) is 11.4 Å². The van der Waals surface area contributed by atoms with E-state index < -0.39 is 0 Å². The van der Waals surface area contributed by atoms with Gasteiger partial charge >= 0.3 is 6.01 Å². The van der Waals surface area contributed by atoms with Crippen LogP contribution in [0.15, 0.2) is 28.7 Å². The summed E-state index contributed by atoms with van der Waals surface area (Å²) in [5.74, 6) is 0.615. The Morgan fingerprint density at radius 2 is 1.95 bits per heavy atom. The number of aromatic nitrogens is 2. The van der Waals surface area contributed by atoms with Gasteiger partial charge in [0.25, 0.3) is 0 Å². The van der Waals surface area contributed by atoms with Gasteiger partial charge in [0.1, 0.15) is 0 Å². The molecule has 1 fully saturated rings. The third-order valence-corrected chi connectivity index (χ3v) is 3.22. The van der Waals surface area contributed by atoms with Gasteiger partial charge in [0.2, 0.25) is 5.89 Å². The molecule has 1 aliphatic rings. The summed E-state index contributed by atoms with van der Waals surface area (Å²) in [5.41, 5.74) is 2.08. The molecule has 1 aliphatic carbocycles. The second-order valence-corrected chi connectivity index (χ2v) is 5.22. The SMILES string of the molecule is CN(C)c1ccc(Nc2nnc(CNC3CC3)o2)cc1. The Balaban J connectivity index is 1.58. The first-order valence-electron chi connectivity index (χ1n) is 6.81. The largest absolute Gasteiger partial charge is 0.406 e. The fourth-order valence-electron chi connectivity index (χ4n) is 1.86. The van der Waals surface area contributed by atoms with Crippen LogP contribution >= 0.6 is 0 Å². The number of hydrogen-bond donors (Lipinski definition) is 2. The van der Waals surface area contributed by atoms with Gasteiger partial charge in [-0.2, -0.15) is 0 Å². The quantitative estimate of drug-likeness (QED) is 0.840.